The molecule has 0 aliphatic rings. The molecule has 60 valence electrons. The summed E-state index contributed by atoms with van der Waals surface area (Å²) < 4.78 is 0. The molecule has 0 amide bonds. The summed E-state index contributed by atoms with van der Waals surface area (Å²) in [5.74, 6) is -0.396. The molecule has 0 fully saturated rings. The van der Waals surface area contributed by atoms with Gasteiger partial charge in [-0.3, -0.25) is 0 Å². The first kappa shape index (κ1) is 9.42. The molecule has 4 heteroatoms. The van der Waals surface area contributed by atoms with Crippen LogP contribution in [0.15, 0.2) is 12.3 Å². The second-order valence-corrected chi connectivity index (χ2v) is 2.08. The minimum Gasteiger partial charge on any atom is -0.510 e. The van der Waals surface area contributed by atoms with E-state index in [2.05, 4.69) is 6.58 Å². The van der Waals surface area contributed by atoms with Crippen molar-refractivity contribution in [2.45, 2.75) is 18.6 Å². The van der Waals surface area contributed by atoms with Crippen LogP contribution in [0.2, 0.25) is 0 Å². The fourth-order valence-corrected chi connectivity index (χ4v) is 0.468. The van der Waals surface area contributed by atoms with Gasteiger partial charge in [-0.15, -0.1) is 0 Å². The molecular weight excluding hydrogens is 136 g/mol. The summed E-state index contributed by atoms with van der Waals surface area (Å²) in [6.45, 7) is 2.63. The molecule has 4 nitrogen and oxygen atoms in total. The van der Waals surface area contributed by atoms with E-state index in [0.29, 0.717) is 0 Å². The van der Waals surface area contributed by atoms with Gasteiger partial charge in [0.15, 0.2) is 0 Å². The van der Waals surface area contributed by atoms with Crippen molar-refractivity contribution in [2.24, 2.45) is 0 Å². The Morgan fingerprint density at radius 3 is 2.20 bits per heavy atom. The van der Waals surface area contributed by atoms with Gasteiger partial charge in [-0.05, 0) is 0 Å². The normalized spacial score (nSPS) is 16.3. The van der Waals surface area contributed by atoms with Gasteiger partial charge in [0.25, 0.3) is 0 Å². The summed E-state index contributed by atoms with van der Waals surface area (Å²) in [6.07, 6.45) is -2.24. The predicted molar refractivity (Wildman–Crippen MR) is 35.5 cm³/mol. The van der Waals surface area contributed by atoms with E-state index in [0.717, 1.165) is 0 Å². The van der Waals surface area contributed by atoms with Gasteiger partial charge < -0.3 is 20.4 Å². The van der Waals surface area contributed by atoms with E-state index < -0.39 is 24.6 Å². The SMILES string of the molecule is C=C(O)C(O)CC(O)CO. The van der Waals surface area contributed by atoms with E-state index in [4.69, 9.17) is 20.4 Å². The van der Waals surface area contributed by atoms with E-state index in [-0.39, 0.29) is 6.42 Å². The Morgan fingerprint density at radius 2 is 1.90 bits per heavy atom. The van der Waals surface area contributed by atoms with Crippen molar-refractivity contribution in [3.05, 3.63) is 12.3 Å². The fourth-order valence-electron chi connectivity index (χ4n) is 0.468. The van der Waals surface area contributed by atoms with Crippen LogP contribution in [0, 0.1) is 0 Å². The van der Waals surface area contributed by atoms with Gasteiger partial charge >= 0.3 is 0 Å². The first-order valence-electron chi connectivity index (χ1n) is 2.92. The van der Waals surface area contributed by atoms with Crippen LogP contribution < -0.4 is 0 Å². The molecule has 0 rings (SSSR count). The highest BCUT2D eigenvalue weighted by Gasteiger charge is 2.12. The summed E-state index contributed by atoms with van der Waals surface area (Å²) in [5.41, 5.74) is 0. The van der Waals surface area contributed by atoms with Crippen LogP contribution in [0.3, 0.4) is 0 Å². The molecule has 0 aliphatic carbocycles. The Hall–Kier alpha value is -0.580. The number of hydrogen-bond acceptors (Lipinski definition) is 4. The topological polar surface area (TPSA) is 80.9 Å². The number of aliphatic hydroxyl groups is 4. The van der Waals surface area contributed by atoms with E-state index in [9.17, 15) is 0 Å². The Bertz CT molecular complexity index is 112. The summed E-state index contributed by atoms with van der Waals surface area (Å²) in [5, 5.41) is 34.3. The van der Waals surface area contributed by atoms with Crippen LogP contribution in [-0.2, 0) is 0 Å². The molecule has 10 heavy (non-hydrogen) atoms. The van der Waals surface area contributed by atoms with Crippen molar-refractivity contribution in [1.82, 2.24) is 0 Å². The number of hydrogen-bond donors (Lipinski definition) is 4. The summed E-state index contributed by atoms with van der Waals surface area (Å²) in [7, 11) is 0. The standard InChI is InChI=1S/C6H12O4/c1-4(8)6(10)2-5(9)3-7/h5-10H,1-3H2. The van der Waals surface area contributed by atoms with Gasteiger partial charge in [0.05, 0.1) is 12.7 Å². The Balaban J connectivity index is 3.56. The van der Waals surface area contributed by atoms with Crippen molar-refractivity contribution < 1.29 is 20.4 Å². The Labute approximate surface area is 59.1 Å². The molecule has 0 aromatic rings. The van der Waals surface area contributed by atoms with Crippen molar-refractivity contribution in [2.75, 3.05) is 6.61 Å². The van der Waals surface area contributed by atoms with E-state index in [1.54, 1.807) is 0 Å². The first-order valence-corrected chi connectivity index (χ1v) is 2.92. The number of rotatable bonds is 4. The third-order valence-corrected chi connectivity index (χ3v) is 1.09. The van der Waals surface area contributed by atoms with Crippen molar-refractivity contribution in [1.29, 1.82) is 0 Å². The third kappa shape index (κ3) is 3.45. The maximum atomic E-state index is 8.81. The van der Waals surface area contributed by atoms with Gasteiger partial charge in [0.1, 0.15) is 11.9 Å². The Kier molecular flexibility index (Phi) is 4.02. The molecule has 0 saturated carbocycles. The molecule has 0 radical (unpaired) electrons. The summed E-state index contributed by atoms with van der Waals surface area (Å²) in [6, 6.07) is 0. The average Bonchev–Trinajstić information content (AvgIpc) is 1.87. The van der Waals surface area contributed by atoms with E-state index in [1.807, 2.05) is 0 Å². The van der Waals surface area contributed by atoms with Crippen LogP contribution in [0.4, 0.5) is 0 Å². The highest BCUT2D eigenvalue weighted by molar-refractivity contribution is 4.89. The lowest BCUT2D eigenvalue weighted by atomic mass is 10.1. The van der Waals surface area contributed by atoms with Crippen molar-refractivity contribution >= 4 is 0 Å². The maximum absolute atomic E-state index is 8.81. The highest BCUT2D eigenvalue weighted by atomic mass is 16.3. The lowest BCUT2D eigenvalue weighted by Crippen LogP contribution is -2.21. The average molecular weight is 148 g/mol. The van der Waals surface area contributed by atoms with E-state index >= 15 is 0 Å². The zero-order valence-electron chi connectivity index (χ0n) is 5.56. The second-order valence-electron chi connectivity index (χ2n) is 2.08. The van der Waals surface area contributed by atoms with Crippen LogP contribution in [0.25, 0.3) is 0 Å². The molecule has 4 N–H and O–H groups in total. The minimum absolute atomic E-state index is 0.0914. The van der Waals surface area contributed by atoms with Gasteiger partial charge in [-0.25, -0.2) is 0 Å². The molecule has 2 unspecified atom stereocenters. The highest BCUT2D eigenvalue weighted by Crippen LogP contribution is 2.03. The molecule has 0 aromatic carbocycles. The maximum Gasteiger partial charge on any atom is 0.114 e. The fraction of sp³-hybridized carbons (Fsp3) is 0.667. The van der Waals surface area contributed by atoms with Crippen LogP contribution >= 0.6 is 0 Å². The molecule has 2 atom stereocenters. The minimum atomic E-state index is -1.15. The van der Waals surface area contributed by atoms with Gasteiger partial charge in [-0.2, -0.15) is 0 Å². The monoisotopic (exact) mass is 148 g/mol. The molecule has 0 bridgehead atoms. The second kappa shape index (κ2) is 4.27. The Morgan fingerprint density at radius 1 is 1.40 bits per heavy atom. The molecule has 0 spiro atoms. The van der Waals surface area contributed by atoms with Gasteiger partial charge in [0.2, 0.25) is 0 Å². The largest absolute Gasteiger partial charge is 0.510 e. The lowest BCUT2D eigenvalue weighted by molar-refractivity contribution is 0.0403. The molecular formula is C6H12O4. The van der Waals surface area contributed by atoms with Crippen molar-refractivity contribution in [3.8, 4) is 0 Å². The zero-order chi connectivity index (χ0) is 8.15. The molecule has 0 saturated heterocycles. The van der Waals surface area contributed by atoms with Crippen LogP contribution in [0.1, 0.15) is 6.42 Å². The molecule has 0 heterocycles. The summed E-state index contributed by atoms with van der Waals surface area (Å²) in [4.78, 5) is 0. The smallest absolute Gasteiger partial charge is 0.114 e. The molecule has 0 aliphatic heterocycles. The first-order chi connectivity index (χ1) is 4.57. The quantitative estimate of drug-likeness (QED) is 0.392. The van der Waals surface area contributed by atoms with Crippen molar-refractivity contribution in [3.63, 3.8) is 0 Å². The lowest BCUT2D eigenvalue weighted by Gasteiger charge is -2.11. The van der Waals surface area contributed by atoms with Crippen LogP contribution in [0.5, 0.6) is 0 Å². The molecule has 0 aromatic heterocycles. The third-order valence-electron chi connectivity index (χ3n) is 1.09. The number of aliphatic hydroxyl groups excluding tert-OH is 4. The summed E-state index contributed by atoms with van der Waals surface area (Å²) >= 11 is 0. The van der Waals surface area contributed by atoms with E-state index in [1.165, 1.54) is 0 Å². The predicted octanol–water partition coefficient (Wildman–Crippen LogP) is -0.838. The van der Waals surface area contributed by atoms with Gasteiger partial charge in [0, 0.05) is 6.42 Å². The van der Waals surface area contributed by atoms with Crippen LogP contribution in [-0.4, -0.2) is 39.2 Å². The zero-order valence-corrected chi connectivity index (χ0v) is 5.56. The van der Waals surface area contributed by atoms with Gasteiger partial charge in [-0.1, -0.05) is 6.58 Å².